The number of carboxylic acids is 1. The third kappa shape index (κ3) is 3.66. The molecular weight excluding hydrogens is 290 g/mol. The van der Waals surface area contributed by atoms with E-state index < -0.39 is 21.7 Å². The van der Waals surface area contributed by atoms with Gasteiger partial charge in [-0.15, -0.1) is 0 Å². The molecule has 0 saturated carbocycles. The molecule has 21 heavy (non-hydrogen) atoms. The van der Waals surface area contributed by atoms with E-state index in [9.17, 15) is 18.3 Å². The summed E-state index contributed by atoms with van der Waals surface area (Å²) in [4.78, 5) is 15.5. The number of pyridine rings is 1. The first kappa shape index (κ1) is 15.2. The Kier molecular flexibility index (Phi) is 4.37. The minimum Gasteiger partial charge on any atom is -0.481 e. The highest BCUT2D eigenvalue weighted by Gasteiger charge is 2.27. The number of carboxylic acid groups (broad SMARTS) is 1. The van der Waals surface area contributed by atoms with E-state index in [1.165, 1.54) is 18.3 Å². The van der Waals surface area contributed by atoms with Gasteiger partial charge in [0.1, 0.15) is 5.92 Å². The summed E-state index contributed by atoms with van der Waals surface area (Å²) in [5.74, 6) is -2.10. The van der Waals surface area contributed by atoms with Crippen LogP contribution in [0.4, 0.5) is 0 Å². The molecule has 0 fully saturated rings. The Hall–Kier alpha value is -2.21. The van der Waals surface area contributed by atoms with E-state index >= 15 is 0 Å². The maximum atomic E-state index is 11.8. The van der Waals surface area contributed by atoms with Crippen molar-refractivity contribution in [3.05, 3.63) is 59.9 Å². The highest BCUT2D eigenvalue weighted by molar-refractivity contribution is 7.90. The van der Waals surface area contributed by atoms with Crippen LogP contribution in [0.25, 0.3) is 0 Å². The summed E-state index contributed by atoms with van der Waals surface area (Å²) in [7, 11) is -3.53. The fourth-order valence-corrected chi connectivity index (χ4v) is 3.03. The molecule has 0 bridgehead atoms. The second kappa shape index (κ2) is 6.05. The third-order valence-corrected chi connectivity index (χ3v) is 4.25. The molecule has 0 aliphatic rings. The Morgan fingerprint density at radius 2 is 1.86 bits per heavy atom. The summed E-state index contributed by atoms with van der Waals surface area (Å²) in [6.45, 7) is 0. The maximum Gasteiger partial charge on any atom is 0.312 e. The highest BCUT2D eigenvalue weighted by atomic mass is 32.2. The summed E-state index contributed by atoms with van der Waals surface area (Å²) in [6, 6.07) is 11.9. The first-order valence-corrected chi connectivity index (χ1v) is 8.20. The quantitative estimate of drug-likeness (QED) is 0.912. The molecule has 0 radical (unpaired) electrons. The van der Waals surface area contributed by atoms with Crippen LogP contribution in [-0.2, 0) is 21.1 Å². The van der Waals surface area contributed by atoms with Gasteiger partial charge in [0.2, 0.25) is 0 Å². The molecule has 0 amide bonds. The normalized spacial score (nSPS) is 12.8. The summed E-state index contributed by atoms with van der Waals surface area (Å²) < 4.78 is 23.6. The van der Waals surface area contributed by atoms with E-state index in [0.717, 1.165) is 11.8 Å². The van der Waals surface area contributed by atoms with Gasteiger partial charge in [0.25, 0.3) is 0 Å². The Morgan fingerprint density at radius 1 is 1.19 bits per heavy atom. The van der Waals surface area contributed by atoms with Crippen molar-refractivity contribution >= 4 is 15.8 Å². The van der Waals surface area contributed by atoms with E-state index in [1.807, 2.05) is 18.2 Å². The van der Waals surface area contributed by atoms with Crippen molar-refractivity contribution in [1.82, 2.24) is 4.98 Å². The van der Waals surface area contributed by atoms with Crippen molar-refractivity contribution in [2.75, 3.05) is 6.26 Å². The van der Waals surface area contributed by atoms with Crippen molar-refractivity contribution < 1.29 is 18.3 Å². The lowest BCUT2D eigenvalue weighted by molar-refractivity contribution is -0.138. The van der Waals surface area contributed by atoms with Crippen LogP contribution in [0.2, 0.25) is 0 Å². The molecule has 2 aromatic rings. The highest BCUT2D eigenvalue weighted by Crippen LogP contribution is 2.25. The average molecular weight is 305 g/mol. The van der Waals surface area contributed by atoms with E-state index in [0.29, 0.717) is 0 Å². The van der Waals surface area contributed by atoms with E-state index in [4.69, 9.17) is 0 Å². The van der Waals surface area contributed by atoms with Gasteiger partial charge in [-0.2, -0.15) is 0 Å². The molecule has 6 heteroatoms. The summed E-state index contributed by atoms with van der Waals surface area (Å²) in [5.41, 5.74) is 0.895. The Balaban J connectivity index is 2.47. The number of benzene rings is 1. The molecule has 0 aliphatic heterocycles. The van der Waals surface area contributed by atoms with E-state index in [-0.39, 0.29) is 17.0 Å². The Morgan fingerprint density at radius 3 is 2.43 bits per heavy atom. The molecular formula is C15H15NO4S. The van der Waals surface area contributed by atoms with Crippen molar-refractivity contribution in [1.29, 1.82) is 0 Å². The SMILES string of the molecule is CS(=O)(=O)c1cccnc1C(Cc1ccccc1)C(=O)O. The van der Waals surface area contributed by atoms with Gasteiger partial charge < -0.3 is 5.11 Å². The van der Waals surface area contributed by atoms with Gasteiger partial charge in [0.05, 0.1) is 10.6 Å². The molecule has 0 saturated heterocycles. The van der Waals surface area contributed by atoms with Gasteiger partial charge in [0, 0.05) is 12.5 Å². The second-order valence-corrected chi connectivity index (χ2v) is 6.72. The number of nitrogens with zero attached hydrogens (tertiary/aromatic N) is 1. The maximum absolute atomic E-state index is 11.8. The lowest BCUT2D eigenvalue weighted by Gasteiger charge is -2.15. The Bertz CT molecular complexity index is 741. The van der Waals surface area contributed by atoms with Crippen LogP contribution in [0.1, 0.15) is 17.2 Å². The molecule has 1 aromatic heterocycles. The van der Waals surface area contributed by atoms with Crippen molar-refractivity contribution in [3.8, 4) is 0 Å². The summed E-state index contributed by atoms with van der Waals surface area (Å²) in [5, 5.41) is 9.44. The molecule has 1 aromatic carbocycles. The van der Waals surface area contributed by atoms with Gasteiger partial charge in [-0.25, -0.2) is 8.42 Å². The largest absolute Gasteiger partial charge is 0.481 e. The van der Waals surface area contributed by atoms with Crippen LogP contribution in [0.15, 0.2) is 53.6 Å². The fraction of sp³-hybridized carbons (Fsp3) is 0.200. The zero-order valence-electron chi connectivity index (χ0n) is 11.4. The predicted molar refractivity (Wildman–Crippen MR) is 77.9 cm³/mol. The van der Waals surface area contributed by atoms with Crippen molar-refractivity contribution in [2.45, 2.75) is 17.2 Å². The lowest BCUT2D eigenvalue weighted by Crippen LogP contribution is -2.19. The van der Waals surface area contributed by atoms with Gasteiger partial charge in [-0.05, 0) is 24.1 Å². The molecule has 5 nitrogen and oxygen atoms in total. The summed E-state index contributed by atoms with van der Waals surface area (Å²) in [6.07, 6.45) is 2.65. The van der Waals surface area contributed by atoms with Gasteiger partial charge in [-0.1, -0.05) is 30.3 Å². The molecule has 110 valence electrons. The smallest absolute Gasteiger partial charge is 0.312 e. The van der Waals surface area contributed by atoms with Crippen LogP contribution in [-0.4, -0.2) is 30.7 Å². The average Bonchev–Trinajstić information content (AvgIpc) is 2.45. The predicted octanol–water partition coefficient (Wildman–Crippen LogP) is 1.90. The number of hydrogen-bond donors (Lipinski definition) is 1. The van der Waals surface area contributed by atoms with Crippen LogP contribution >= 0.6 is 0 Å². The van der Waals surface area contributed by atoms with Crippen molar-refractivity contribution in [2.24, 2.45) is 0 Å². The number of rotatable bonds is 5. The third-order valence-electron chi connectivity index (χ3n) is 3.11. The topological polar surface area (TPSA) is 84.3 Å². The second-order valence-electron chi connectivity index (χ2n) is 4.74. The molecule has 1 heterocycles. The van der Waals surface area contributed by atoms with Crippen LogP contribution in [0.5, 0.6) is 0 Å². The first-order chi connectivity index (χ1) is 9.89. The van der Waals surface area contributed by atoms with Gasteiger partial charge in [-0.3, -0.25) is 9.78 Å². The standard InChI is InChI=1S/C15H15NO4S/c1-21(19,20)13-8-5-9-16-14(13)12(15(17)18)10-11-6-3-2-4-7-11/h2-9,12H,10H2,1H3,(H,17,18). The summed E-state index contributed by atoms with van der Waals surface area (Å²) >= 11 is 0. The van der Waals surface area contributed by atoms with E-state index in [1.54, 1.807) is 12.1 Å². The van der Waals surface area contributed by atoms with Crippen LogP contribution in [0, 0.1) is 0 Å². The number of sulfone groups is 1. The number of aromatic nitrogens is 1. The van der Waals surface area contributed by atoms with Crippen LogP contribution in [0.3, 0.4) is 0 Å². The molecule has 1 atom stereocenters. The number of aliphatic carboxylic acids is 1. The Labute approximate surface area is 123 Å². The van der Waals surface area contributed by atoms with Gasteiger partial charge in [0.15, 0.2) is 9.84 Å². The zero-order valence-corrected chi connectivity index (χ0v) is 12.2. The molecule has 0 aliphatic carbocycles. The molecule has 1 N–H and O–H groups in total. The molecule has 1 unspecified atom stereocenters. The van der Waals surface area contributed by atoms with E-state index in [2.05, 4.69) is 4.98 Å². The van der Waals surface area contributed by atoms with Gasteiger partial charge >= 0.3 is 5.97 Å². The van der Waals surface area contributed by atoms with Crippen molar-refractivity contribution in [3.63, 3.8) is 0 Å². The molecule has 0 spiro atoms. The minimum atomic E-state index is -3.53. The monoisotopic (exact) mass is 305 g/mol. The lowest BCUT2D eigenvalue weighted by atomic mass is 9.96. The number of carbonyl (C=O) groups is 1. The molecule has 2 rings (SSSR count). The number of hydrogen-bond acceptors (Lipinski definition) is 4. The first-order valence-electron chi connectivity index (χ1n) is 6.31. The fourth-order valence-electron chi connectivity index (χ4n) is 2.13. The minimum absolute atomic E-state index is 0.0340. The van der Waals surface area contributed by atoms with Crippen LogP contribution < -0.4 is 0 Å². The zero-order chi connectivity index (χ0) is 15.5.